The van der Waals surface area contributed by atoms with Gasteiger partial charge in [-0.2, -0.15) is 4.98 Å². The number of ether oxygens (including phenoxy) is 1. The van der Waals surface area contributed by atoms with E-state index in [1.165, 1.54) is 6.33 Å². The normalized spacial score (nSPS) is 10.5. The highest BCUT2D eigenvalue weighted by molar-refractivity contribution is 6.31. The zero-order chi connectivity index (χ0) is 17.1. The van der Waals surface area contributed by atoms with Crippen molar-refractivity contribution in [1.29, 1.82) is 0 Å². The average molecular weight is 361 g/mol. The molecule has 0 radical (unpaired) electrons. The minimum absolute atomic E-state index is 0.260. The predicted molar refractivity (Wildman–Crippen MR) is 97.4 cm³/mol. The smallest absolute Gasteiger partial charge is 0.248 e. The Kier molecular flexibility index (Phi) is 4.74. The molecule has 0 saturated heterocycles. The molecule has 0 unspecified atom stereocenters. The van der Waals surface area contributed by atoms with E-state index in [0.29, 0.717) is 27.3 Å². The molecule has 3 rings (SSSR count). The molecule has 122 valence electrons. The van der Waals surface area contributed by atoms with Crippen LogP contribution in [0.4, 0.5) is 17.2 Å². The number of nitrogen functional groups attached to an aromatic ring is 1. The number of benzene rings is 2. The van der Waals surface area contributed by atoms with E-state index in [-0.39, 0.29) is 5.88 Å². The largest absolute Gasteiger partial charge is 0.437 e. The van der Waals surface area contributed by atoms with Gasteiger partial charge < -0.3 is 15.8 Å². The van der Waals surface area contributed by atoms with Crippen LogP contribution in [-0.4, -0.2) is 9.97 Å². The Morgan fingerprint density at radius 3 is 2.67 bits per heavy atom. The van der Waals surface area contributed by atoms with Crippen molar-refractivity contribution in [2.75, 3.05) is 11.1 Å². The number of rotatable bonds is 4. The maximum absolute atomic E-state index is 6.11. The summed E-state index contributed by atoms with van der Waals surface area (Å²) >= 11 is 12.0. The van der Waals surface area contributed by atoms with Gasteiger partial charge >= 0.3 is 0 Å². The Balaban J connectivity index is 1.86. The van der Waals surface area contributed by atoms with Crippen molar-refractivity contribution in [3.63, 3.8) is 0 Å². The van der Waals surface area contributed by atoms with Crippen LogP contribution in [0.15, 0.2) is 48.8 Å². The first-order valence-electron chi connectivity index (χ1n) is 7.10. The number of hydrogen-bond acceptors (Lipinski definition) is 5. The fourth-order valence-corrected chi connectivity index (χ4v) is 2.36. The van der Waals surface area contributed by atoms with Gasteiger partial charge in [0.2, 0.25) is 5.88 Å². The van der Waals surface area contributed by atoms with Gasteiger partial charge in [0.15, 0.2) is 5.82 Å². The van der Waals surface area contributed by atoms with E-state index >= 15 is 0 Å². The summed E-state index contributed by atoms with van der Waals surface area (Å²) in [6, 6.07) is 12.6. The van der Waals surface area contributed by atoms with Gasteiger partial charge in [0.05, 0.1) is 0 Å². The van der Waals surface area contributed by atoms with Crippen LogP contribution in [0.1, 0.15) is 5.56 Å². The molecule has 2 aromatic carbocycles. The van der Waals surface area contributed by atoms with Gasteiger partial charge in [-0.15, -0.1) is 0 Å². The maximum atomic E-state index is 6.11. The second-order valence-electron chi connectivity index (χ2n) is 5.09. The Labute approximate surface area is 149 Å². The topological polar surface area (TPSA) is 73.1 Å². The van der Waals surface area contributed by atoms with Crippen LogP contribution in [0.25, 0.3) is 0 Å². The molecule has 0 spiro atoms. The van der Waals surface area contributed by atoms with Crippen molar-refractivity contribution in [3.05, 3.63) is 64.4 Å². The number of nitrogens with one attached hydrogen (secondary N) is 1. The lowest BCUT2D eigenvalue weighted by atomic mass is 10.2. The number of nitrogens with zero attached hydrogens (tertiary/aromatic N) is 2. The van der Waals surface area contributed by atoms with E-state index in [4.69, 9.17) is 33.7 Å². The second kappa shape index (κ2) is 6.95. The fraction of sp³-hybridized carbons (Fsp3) is 0.0588. The summed E-state index contributed by atoms with van der Waals surface area (Å²) in [6.07, 6.45) is 1.38. The molecule has 0 fully saturated rings. The lowest BCUT2D eigenvalue weighted by molar-refractivity contribution is 0.464. The van der Waals surface area contributed by atoms with Crippen LogP contribution in [0.2, 0.25) is 10.0 Å². The van der Waals surface area contributed by atoms with E-state index in [2.05, 4.69) is 15.3 Å². The Morgan fingerprint density at radius 1 is 1.08 bits per heavy atom. The molecule has 0 aliphatic carbocycles. The van der Waals surface area contributed by atoms with Gasteiger partial charge in [0.25, 0.3) is 0 Å². The van der Waals surface area contributed by atoms with Crippen LogP contribution in [0.3, 0.4) is 0 Å². The van der Waals surface area contributed by atoms with Crippen molar-refractivity contribution >= 4 is 40.4 Å². The van der Waals surface area contributed by atoms with Crippen LogP contribution in [0.5, 0.6) is 11.6 Å². The monoisotopic (exact) mass is 360 g/mol. The van der Waals surface area contributed by atoms with Crippen LogP contribution >= 0.6 is 23.2 Å². The molecule has 0 amide bonds. The van der Waals surface area contributed by atoms with Crippen LogP contribution < -0.4 is 15.8 Å². The van der Waals surface area contributed by atoms with Gasteiger partial charge in [0.1, 0.15) is 17.8 Å². The summed E-state index contributed by atoms with van der Waals surface area (Å²) in [5.74, 6) is 1.29. The van der Waals surface area contributed by atoms with Crippen molar-refractivity contribution in [3.8, 4) is 11.6 Å². The molecule has 0 atom stereocenters. The van der Waals surface area contributed by atoms with E-state index in [1.54, 1.807) is 24.3 Å². The summed E-state index contributed by atoms with van der Waals surface area (Å²) < 4.78 is 5.75. The number of aryl methyl sites for hydroxylation is 1. The van der Waals surface area contributed by atoms with Crippen molar-refractivity contribution in [1.82, 2.24) is 9.97 Å². The lowest BCUT2D eigenvalue weighted by Crippen LogP contribution is -2.03. The van der Waals surface area contributed by atoms with E-state index in [1.807, 2.05) is 25.1 Å². The summed E-state index contributed by atoms with van der Waals surface area (Å²) in [5, 5.41) is 4.38. The van der Waals surface area contributed by atoms with Gasteiger partial charge in [0, 0.05) is 15.7 Å². The molecule has 24 heavy (non-hydrogen) atoms. The summed E-state index contributed by atoms with van der Waals surface area (Å²) in [4.78, 5) is 8.23. The van der Waals surface area contributed by atoms with Gasteiger partial charge in [-0.1, -0.05) is 29.3 Å². The molecule has 1 aromatic heterocycles. The minimum Gasteiger partial charge on any atom is -0.437 e. The molecule has 0 aliphatic rings. The molecular formula is C17H14Cl2N4O. The summed E-state index contributed by atoms with van der Waals surface area (Å²) in [7, 11) is 0. The Morgan fingerprint density at radius 2 is 1.92 bits per heavy atom. The quantitative estimate of drug-likeness (QED) is 0.667. The first kappa shape index (κ1) is 16.4. The average Bonchev–Trinajstić information content (AvgIpc) is 2.55. The molecular weight excluding hydrogens is 347 g/mol. The molecule has 0 saturated carbocycles. The lowest BCUT2D eigenvalue weighted by Gasteiger charge is -2.12. The standard InChI is InChI=1S/C17H14Cl2N4O/c1-10-7-13(5-6-14(10)19)24-17-15(20)16(21-9-22-17)23-12-4-2-3-11(18)8-12/h2-9H,20H2,1H3,(H,21,22,23). The third kappa shape index (κ3) is 3.69. The second-order valence-corrected chi connectivity index (χ2v) is 5.93. The Bertz CT molecular complexity index is 886. The summed E-state index contributed by atoms with van der Waals surface area (Å²) in [5.41, 5.74) is 8.08. The molecule has 3 aromatic rings. The number of anilines is 3. The zero-order valence-electron chi connectivity index (χ0n) is 12.8. The van der Waals surface area contributed by atoms with Crippen molar-refractivity contribution in [2.45, 2.75) is 6.92 Å². The maximum Gasteiger partial charge on any atom is 0.248 e. The van der Waals surface area contributed by atoms with Crippen LogP contribution in [0, 0.1) is 6.92 Å². The van der Waals surface area contributed by atoms with E-state index in [0.717, 1.165) is 11.3 Å². The number of hydrogen-bond donors (Lipinski definition) is 2. The minimum atomic E-state index is 0.260. The third-order valence-corrected chi connectivity index (χ3v) is 3.94. The van der Waals surface area contributed by atoms with Gasteiger partial charge in [-0.25, -0.2) is 4.98 Å². The number of halogens is 2. The van der Waals surface area contributed by atoms with E-state index < -0.39 is 0 Å². The number of nitrogens with two attached hydrogens (primary N) is 1. The van der Waals surface area contributed by atoms with Crippen molar-refractivity contribution < 1.29 is 4.74 Å². The SMILES string of the molecule is Cc1cc(Oc2ncnc(Nc3cccc(Cl)c3)c2N)ccc1Cl. The first-order chi connectivity index (χ1) is 11.5. The summed E-state index contributed by atoms with van der Waals surface area (Å²) in [6.45, 7) is 1.89. The third-order valence-electron chi connectivity index (χ3n) is 3.28. The van der Waals surface area contributed by atoms with Crippen LogP contribution in [-0.2, 0) is 0 Å². The van der Waals surface area contributed by atoms with Gasteiger partial charge in [-0.05, 0) is 48.9 Å². The van der Waals surface area contributed by atoms with Gasteiger partial charge in [-0.3, -0.25) is 0 Å². The highest BCUT2D eigenvalue weighted by atomic mass is 35.5. The predicted octanol–water partition coefficient (Wildman–Crippen LogP) is 5.21. The first-order valence-corrected chi connectivity index (χ1v) is 7.85. The number of aromatic nitrogens is 2. The molecule has 1 heterocycles. The molecule has 5 nitrogen and oxygen atoms in total. The molecule has 0 bridgehead atoms. The van der Waals surface area contributed by atoms with E-state index in [9.17, 15) is 0 Å². The highest BCUT2D eigenvalue weighted by Gasteiger charge is 2.11. The zero-order valence-corrected chi connectivity index (χ0v) is 14.3. The highest BCUT2D eigenvalue weighted by Crippen LogP contribution is 2.32. The fourth-order valence-electron chi connectivity index (χ4n) is 2.06. The molecule has 0 aliphatic heterocycles. The van der Waals surface area contributed by atoms with Crippen molar-refractivity contribution in [2.24, 2.45) is 0 Å². The molecule has 7 heteroatoms. The molecule has 3 N–H and O–H groups in total. The Hall–Kier alpha value is -2.50.